The quantitative estimate of drug-likeness (QED) is 0.681. The maximum absolute atomic E-state index is 12.7. The van der Waals surface area contributed by atoms with Crippen molar-refractivity contribution >= 4 is 28.3 Å². The Morgan fingerprint density at radius 3 is 2.65 bits per heavy atom. The van der Waals surface area contributed by atoms with E-state index in [9.17, 15) is 4.79 Å². The van der Waals surface area contributed by atoms with Crippen molar-refractivity contribution in [2.24, 2.45) is 0 Å². The third kappa shape index (κ3) is 2.12. The van der Waals surface area contributed by atoms with Crippen LogP contribution in [0, 0.1) is 13.8 Å². The van der Waals surface area contributed by atoms with Gasteiger partial charge in [-0.05, 0) is 43.7 Å². The molecule has 0 saturated heterocycles. The smallest absolute Gasteiger partial charge is 0.195 e. The van der Waals surface area contributed by atoms with Crippen molar-refractivity contribution in [1.29, 1.82) is 0 Å². The molecule has 20 heavy (non-hydrogen) atoms. The Labute approximate surface area is 122 Å². The number of hydrogen-bond acceptors (Lipinski definition) is 1. The molecule has 0 aliphatic heterocycles. The molecule has 3 aromatic rings. The molecule has 0 radical (unpaired) electrons. The number of fused-ring (bicyclic) bond motifs is 1. The number of aromatic nitrogens is 1. The second-order valence-electron chi connectivity index (χ2n) is 5.04. The Morgan fingerprint density at radius 2 is 1.85 bits per heavy atom. The fourth-order valence-corrected chi connectivity index (χ4v) is 2.58. The molecular formula is C17H14ClNO. The zero-order chi connectivity index (χ0) is 14.3. The van der Waals surface area contributed by atoms with E-state index in [1.54, 1.807) is 6.20 Å². The topological polar surface area (TPSA) is 32.9 Å². The highest BCUT2D eigenvalue weighted by Crippen LogP contribution is 2.25. The third-order valence-corrected chi connectivity index (χ3v) is 3.76. The van der Waals surface area contributed by atoms with Crippen molar-refractivity contribution in [3.05, 3.63) is 69.9 Å². The van der Waals surface area contributed by atoms with Gasteiger partial charge in [0.15, 0.2) is 5.78 Å². The van der Waals surface area contributed by atoms with Gasteiger partial charge in [-0.3, -0.25) is 4.79 Å². The second-order valence-corrected chi connectivity index (χ2v) is 5.48. The summed E-state index contributed by atoms with van der Waals surface area (Å²) in [5, 5.41) is 1.50. The zero-order valence-electron chi connectivity index (χ0n) is 11.3. The minimum Gasteiger partial charge on any atom is -0.360 e. The van der Waals surface area contributed by atoms with Gasteiger partial charge in [0.05, 0.1) is 0 Å². The number of carbonyl (C=O) groups is 1. The van der Waals surface area contributed by atoms with Crippen LogP contribution in [0.15, 0.2) is 42.6 Å². The first kappa shape index (κ1) is 12.9. The fraction of sp³-hybridized carbons (Fsp3) is 0.118. The summed E-state index contributed by atoms with van der Waals surface area (Å²) in [7, 11) is 0. The minimum absolute atomic E-state index is 0.0275. The minimum atomic E-state index is 0.0275. The lowest BCUT2D eigenvalue weighted by Crippen LogP contribution is -2.03. The van der Waals surface area contributed by atoms with Gasteiger partial charge in [0.1, 0.15) is 0 Å². The van der Waals surface area contributed by atoms with Gasteiger partial charge in [-0.2, -0.15) is 0 Å². The van der Waals surface area contributed by atoms with Crippen molar-refractivity contribution in [3.63, 3.8) is 0 Å². The lowest BCUT2D eigenvalue weighted by Gasteiger charge is -2.05. The van der Waals surface area contributed by atoms with Gasteiger partial charge in [-0.1, -0.05) is 29.3 Å². The molecule has 1 heterocycles. The van der Waals surface area contributed by atoms with Gasteiger partial charge in [0.2, 0.25) is 0 Å². The summed E-state index contributed by atoms with van der Waals surface area (Å²) in [6.07, 6.45) is 1.76. The molecule has 0 saturated carbocycles. The molecule has 0 unspecified atom stereocenters. The number of rotatable bonds is 2. The van der Waals surface area contributed by atoms with Crippen molar-refractivity contribution < 1.29 is 4.79 Å². The van der Waals surface area contributed by atoms with Gasteiger partial charge in [-0.15, -0.1) is 0 Å². The van der Waals surface area contributed by atoms with Crippen LogP contribution in [0.1, 0.15) is 27.0 Å². The molecule has 3 rings (SSSR count). The molecule has 2 nitrogen and oxygen atoms in total. The molecule has 1 aromatic heterocycles. The number of carbonyl (C=O) groups excluding carboxylic acids is 1. The first-order valence-corrected chi connectivity index (χ1v) is 6.82. The van der Waals surface area contributed by atoms with Crippen LogP contribution in [0.4, 0.5) is 0 Å². The number of ketones is 1. The average Bonchev–Trinajstić information content (AvgIpc) is 2.83. The van der Waals surface area contributed by atoms with Crippen LogP contribution in [0.2, 0.25) is 5.02 Å². The fourth-order valence-electron chi connectivity index (χ4n) is 2.41. The SMILES string of the molecule is Cc1ccc(C)c(C(=O)c2c[nH]c3ccc(Cl)cc23)c1. The number of hydrogen-bond donors (Lipinski definition) is 1. The molecule has 100 valence electrons. The molecule has 3 heteroatoms. The number of aryl methyl sites for hydroxylation is 2. The lowest BCUT2D eigenvalue weighted by molar-refractivity contribution is 0.103. The van der Waals surface area contributed by atoms with E-state index in [4.69, 9.17) is 11.6 Å². The molecule has 1 N–H and O–H groups in total. The summed E-state index contributed by atoms with van der Waals surface area (Å²) in [6.45, 7) is 3.94. The highest BCUT2D eigenvalue weighted by Gasteiger charge is 2.16. The number of benzene rings is 2. The van der Waals surface area contributed by atoms with Gasteiger partial charge < -0.3 is 4.98 Å². The van der Waals surface area contributed by atoms with Crippen molar-refractivity contribution in [2.75, 3.05) is 0 Å². The maximum atomic E-state index is 12.7. The van der Waals surface area contributed by atoms with Crippen molar-refractivity contribution in [2.45, 2.75) is 13.8 Å². The molecule has 0 bridgehead atoms. The van der Waals surface area contributed by atoms with Gasteiger partial charge in [0.25, 0.3) is 0 Å². The van der Waals surface area contributed by atoms with Crippen LogP contribution >= 0.6 is 11.6 Å². The van der Waals surface area contributed by atoms with Crippen LogP contribution in [0.5, 0.6) is 0 Å². The lowest BCUT2D eigenvalue weighted by atomic mass is 9.97. The van der Waals surface area contributed by atoms with Gasteiger partial charge in [-0.25, -0.2) is 0 Å². The maximum Gasteiger partial charge on any atom is 0.195 e. The number of nitrogens with one attached hydrogen (secondary N) is 1. The first-order valence-electron chi connectivity index (χ1n) is 6.45. The van der Waals surface area contributed by atoms with E-state index in [1.807, 2.05) is 50.2 Å². The molecule has 0 spiro atoms. The summed E-state index contributed by atoms with van der Waals surface area (Å²) in [6, 6.07) is 11.4. The van der Waals surface area contributed by atoms with Crippen LogP contribution in [-0.4, -0.2) is 10.8 Å². The Kier molecular flexibility index (Phi) is 3.11. The molecule has 0 aliphatic rings. The molecule has 0 aliphatic carbocycles. The predicted molar refractivity (Wildman–Crippen MR) is 82.7 cm³/mol. The Morgan fingerprint density at radius 1 is 1.05 bits per heavy atom. The summed E-state index contributed by atoms with van der Waals surface area (Å²) in [5.74, 6) is 0.0275. The highest BCUT2D eigenvalue weighted by atomic mass is 35.5. The molecular weight excluding hydrogens is 270 g/mol. The van der Waals surface area contributed by atoms with E-state index in [2.05, 4.69) is 4.98 Å². The Bertz CT molecular complexity index is 817. The van der Waals surface area contributed by atoms with E-state index in [1.165, 1.54) is 0 Å². The van der Waals surface area contributed by atoms with E-state index in [0.717, 1.165) is 27.6 Å². The number of aromatic amines is 1. The monoisotopic (exact) mass is 283 g/mol. The predicted octanol–water partition coefficient (Wildman–Crippen LogP) is 4.67. The Balaban J connectivity index is 2.17. The molecule has 0 amide bonds. The molecule has 2 aromatic carbocycles. The molecule has 0 atom stereocenters. The summed E-state index contributed by atoms with van der Waals surface area (Å²) < 4.78 is 0. The standard InChI is InChI=1S/C17H14ClNO/c1-10-3-4-11(2)13(7-10)17(20)15-9-19-16-6-5-12(18)8-14(15)16/h3-9,19H,1-2H3. The third-order valence-electron chi connectivity index (χ3n) is 3.53. The highest BCUT2D eigenvalue weighted by molar-refractivity contribution is 6.31. The largest absolute Gasteiger partial charge is 0.360 e. The van der Waals surface area contributed by atoms with Crippen LogP contribution in [-0.2, 0) is 0 Å². The zero-order valence-corrected chi connectivity index (χ0v) is 12.1. The summed E-state index contributed by atoms with van der Waals surface area (Å²) in [5.41, 5.74) is 4.39. The van der Waals surface area contributed by atoms with Gasteiger partial charge >= 0.3 is 0 Å². The first-order chi connectivity index (χ1) is 9.56. The van der Waals surface area contributed by atoms with Crippen LogP contribution in [0.25, 0.3) is 10.9 Å². The van der Waals surface area contributed by atoms with E-state index < -0.39 is 0 Å². The second kappa shape index (κ2) is 4.80. The summed E-state index contributed by atoms with van der Waals surface area (Å²) in [4.78, 5) is 15.9. The Hall–Kier alpha value is -2.06. The number of H-pyrrole nitrogens is 1. The van der Waals surface area contributed by atoms with Crippen molar-refractivity contribution in [3.8, 4) is 0 Å². The van der Waals surface area contributed by atoms with Crippen molar-refractivity contribution in [1.82, 2.24) is 4.98 Å². The van der Waals surface area contributed by atoms with Crippen LogP contribution < -0.4 is 0 Å². The number of halogens is 1. The molecule has 0 fully saturated rings. The van der Waals surface area contributed by atoms with E-state index in [0.29, 0.717) is 10.6 Å². The normalized spacial score (nSPS) is 10.9. The van der Waals surface area contributed by atoms with E-state index in [-0.39, 0.29) is 5.78 Å². The van der Waals surface area contributed by atoms with Crippen LogP contribution in [0.3, 0.4) is 0 Å². The van der Waals surface area contributed by atoms with E-state index >= 15 is 0 Å². The summed E-state index contributed by atoms with van der Waals surface area (Å²) >= 11 is 6.03. The average molecular weight is 284 g/mol. The van der Waals surface area contributed by atoms with Gasteiger partial charge in [0, 0.05) is 33.2 Å².